The first-order chi connectivity index (χ1) is 6.15. The number of hydrogen-bond acceptors (Lipinski definition) is 2. The van der Waals surface area contributed by atoms with Crippen LogP contribution in [0.1, 0.15) is 29.9 Å². The van der Waals surface area contributed by atoms with Gasteiger partial charge in [-0.2, -0.15) is 5.10 Å². The molecule has 0 aliphatic heterocycles. The van der Waals surface area contributed by atoms with E-state index in [1.807, 2.05) is 26.8 Å². The van der Waals surface area contributed by atoms with Gasteiger partial charge < -0.3 is 5.32 Å². The first kappa shape index (κ1) is 9.51. The zero-order chi connectivity index (χ0) is 9.84. The van der Waals surface area contributed by atoms with Gasteiger partial charge in [-0.1, -0.05) is 6.08 Å². The van der Waals surface area contributed by atoms with Gasteiger partial charge in [0.05, 0.1) is 6.20 Å². The van der Waals surface area contributed by atoms with Gasteiger partial charge in [0.25, 0.3) is 5.91 Å². The third-order valence-electron chi connectivity index (χ3n) is 1.80. The van der Waals surface area contributed by atoms with Crippen LogP contribution >= 0.6 is 0 Å². The Hall–Kier alpha value is -1.58. The number of rotatable bonds is 2. The Morgan fingerprint density at radius 3 is 2.85 bits per heavy atom. The maximum Gasteiger partial charge on any atom is 0.273 e. The molecule has 0 aliphatic rings. The Labute approximate surface area is 77.0 Å². The number of nitrogens with zero attached hydrogens (tertiary/aromatic N) is 1. The van der Waals surface area contributed by atoms with E-state index in [1.54, 1.807) is 6.20 Å². The Morgan fingerprint density at radius 2 is 2.38 bits per heavy atom. The second-order valence-corrected chi connectivity index (χ2v) is 2.85. The quantitative estimate of drug-likeness (QED) is 0.720. The smallest absolute Gasteiger partial charge is 0.273 e. The molecule has 4 nitrogen and oxygen atoms in total. The Morgan fingerprint density at radius 1 is 1.69 bits per heavy atom. The van der Waals surface area contributed by atoms with E-state index in [2.05, 4.69) is 15.5 Å². The molecule has 0 aromatic carbocycles. The fourth-order valence-corrected chi connectivity index (χ4v) is 0.890. The zero-order valence-electron chi connectivity index (χ0n) is 8.01. The van der Waals surface area contributed by atoms with Crippen molar-refractivity contribution < 1.29 is 4.79 Å². The second kappa shape index (κ2) is 3.89. The zero-order valence-corrected chi connectivity index (χ0v) is 8.01. The lowest BCUT2D eigenvalue weighted by Gasteiger charge is -2.02. The van der Waals surface area contributed by atoms with Crippen LogP contribution in [0.2, 0.25) is 0 Å². The van der Waals surface area contributed by atoms with Gasteiger partial charge in [-0.25, -0.2) is 0 Å². The molecule has 0 saturated carbocycles. The Kier molecular flexibility index (Phi) is 2.84. The van der Waals surface area contributed by atoms with Crippen molar-refractivity contribution >= 4 is 5.91 Å². The summed E-state index contributed by atoms with van der Waals surface area (Å²) < 4.78 is 0. The molecule has 13 heavy (non-hydrogen) atoms. The first-order valence-electron chi connectivity index (χ1n) is 4.09. The van der Waals surface area contributed by atoms with Crippen LogP contribution in [-0.4, -0.2) is 16.1 Å². The van der Waals surface area contributed by atoms with Crippen LogP contribution in [0.5, 0.6) is 0 Å². The van der Waals surface area contributed by atoms with Gasteiger partial charge in [0.1, 0.15) is 5.69 Å². The topological polar surface area (TPSA) is 57.8 Å². The van der Waals surface area contributed by atoms with Crippen molar-refractivity contribution in [2.75, 3.05) is 0 Å². The molecule has 0 saturated heterocycles. The molecule has 1 aromatic rings. The number of aryl methyl sites for hydroxylation is 1. The van der Waals surface area contributed by atoms with E-state index in [1.165, 1.54) is 0 Å². The predicted octanol–water partition coefficient (Wildman–Crippen LogP) is 1.37. The fourth-order valence-electron chi connectivity index (χ4n) is 0.890. The van der Waals surface area contributed by atoms with E-state index in [0.29, 0.717) is 5.69 Å². The summed E-state index contributed by atoms with van der Waals surface area (Å²) in [5.74, 6) is -0.148. The summed E-state index contributed by atoms with van der Waals surface area (Å²) in [6.45, 7) is 5.54. The highest BCUT2D eigenvalue weighted by atomic mass is 16.1. The molecule has 70 valence electrons. The van der Waals surface area contributed by atoms with Gasteiger partial charge in [-0.05, 0) is 26.3 Å². The molecule has 2 N–H and O–H groups in total. The molecule has 0 radical (unpaired) electrons. The minimum atomic E-state index is -0.148. The largest absolute Gasteiger partial charge is 0.325 e. The third-order valence-corrected chi connectivity index (χ3v) is 1.80. The van der Waals surface area contributed by atoms with Crippen molar-refractivity contribution in [3.8, 4) is 0 Å². The Balaban J connectivity index is 2.75. The van der Waals surface area contributed by atoms with Crippen molar-refractivity contribution in [2.24, 2.45) is 0 Å². The van der Waals surface area contributed by atoms with E-state index in [4.69, 9.17) is 0 Å². The number of hydrogen-bond donors (Lipinski definition) is 2. The number of H-pyrrole nitrogens is 1. The minimum absolute atomic E-state index is 0.148. The van der Waals surface area contributed by atoms with Crippen molar-refractivity contribution in [1.29, 1.82) is 0 Å². The molecule has 0 atom stereocenters. The monoisotopic (exact) mass is 179 g/mol. The molecule has 1 rings (SSSR count). The highest BCUT2D eigenvalue weighted by Gasteiger charge is 2.09. The normalized spacial score (nSPS) is 11.5. The molecule has 0 aliphatic carbocycles. The molecular formula is C9H13N3O. The van der Waals surface area contributed by atoms with E-state index < -0.39 is 0 Å². The van der Waals surface area contributed by atoms with Gasteiger partial charge in [0, 0.05) is 5.70 Å². The van der Waals surface area contributed by atoms with Gasteiger partial charge in [0.2, 0.25) is 0 Å². The van der Waals surface area contributed by atoms with Crippen molar-refractivity contribution in [2.45, 2.75) is 20.8 Å². The molecule has 0 bridgehead atoms. The number of amides is 1. The van der Waals surface area contributed by atoms with Gasteiger partial charge in [-0.3, -0.25) is 9.89 Å². The lowest BCUT2D eigenvalue weighted by molar-refractivity contribution is 0.0960. The summed E-state index contributed by atoms with van der Waals surface area (Å²) >= 11 is 0. The molecule has 1 heterocycles. The molecule has 1 aromatic heterocycles. The van der Waals surface area contributed by atoms with Gasteiger partial charge >= 0.3 is 0 Å². The molecule has 1 amide bonds. The maximum absolute atomic E-state index is 11.5. The van der Waals surface area contributed by atoms with E-state index in [9.17, 15) is 4.79 Å². The lowest BCUT2D eigenvalue weighted by Crippen LogP contribution is -2.22. The average Bonchev–Trinajstić information content (AvgIpc) is 2.51. The minimum Gasteiger partial charge on any atom is -0.325 e. The van der Waals surface area contributed by atoms with Crippen molar-refractivity contribution in [3.05, 3.63) is 29.2 Å². The number of carbonyl (C=O) groups is 1. The summed E-state index contributed by atoms with van der Waals surface area (Å²) in [5, 5.41) is 9.14. The molecule has 0 unspecified atom stereocenters. The van der Waals surface area contributed by atoms with Crippen LogP contribution in [-0.2, 0) is 0 Å². The maximum atomic E-state index is 11.5. The number of allylic oxidation sites excluding steroid dienone is 2. The summed E-state index contributed by atoms with van der Waals surface area (Å²) in [6, 6.07) is 0. The predicted molar refractivity (Wildman–Crippen MR) is 50.2 cm³/mol. The number of aromatic nitrogens is 2. The van der Waals surface area contributed by atoms with Crippen LogP contribution in [0.15, 0.2) is 18.0 Å². The number of nitrogens with one attached hydrogen (secondary N) is 2. The third kappa shape index (κ3) is 2.18. The van der Waals surface area contributed by atoms with E-state index in [0.717, 1.165) is 11.3 Å². The SMILES string of the molecule is CC=C(C)NC(=O)c1[nH]ncc1C. The summed E-state index contributed by atoms with van der Waals surface area (Å²) in [5.41, 5.74) is 2.20. The second-order valence-electron chi connectivity index (χ2n) is 2.85. The lowest BCUT2D eigenvalue weighted by atomic mass is 10.2. The molecule has 0 fully saturated rings. The Bertz CT molecular complexity index is 338. The van der Waals surface area contributed by atoms with E-state index >= 15 is 0 Å². The van der Waals surface area contributed by atoms with E-state index in [-0.39, 0.29) is 5.91 Å². The van der Waals surface area contributed by atoms with Crippen molar-refractivity contribution in [3.63, 3.8) is 0 Å². The number of aromatic amines is 1. The molecule has 4 heteroatoms. The molecular weight excluding hydrogens is 166 g/mol. The highest BCUT2D eigenvalue weighted by Crippen LogP contribution is 2.02. The van der Waals surface area contributed by atoms with Gasteiger partial charge in [-0.15, -0.1) is 0 Å². The van der Waals surface area contributed by atoms with Crippen LogP contribution in [0, 0.1) is 6.92 Å². The van der Waals surface area contributed by atoms with Crippen molar-refractivity contribution in [1.82, 2.24) is 15.5 Å². The molecule has 0 spiro atoms. The van der Waals surface area contributed by atoms with Crippen LogP contribution < -0.4 is 5.32 Å². The average molecular weight is 179 g/mol. The summed E-state index contributed by atoms with van der Waals surface area (Å²) in [6.07, 6.45) is 3.46. The fraction of sp³-hybridized carbons (Fsp3) is 0.333. The summed E-state index contributed by atoms with van der Waals surface area (Å²) in [4.78, 5) is 11.5. The van der Waals surface area contributed by atoms with Crippen LogP contribution in [0.4, 0.5) is 0 Å². The van der Waals surface area contributed by atoms with Gasteiger partial charge in [0.15, 0.2) is 0 Å². The first-order valence-corrected chi connectivity index (χ1v) is 4.09. The van der Waals surface area contributed by atoms with Crippen LogP contribution in [0.25, 0.3) is 0 Å². The standard InChI is InChI=1S/C9H13N3O/c1-4-7(3)11-9(13)8-6(2)5-10-12-8/h4-5H,1-3H3,(H,10,12)(H,11,13). The summed E-state index contributed by atoms with van der Waals surface area (Å²) in [7, 11) is 0. The van der Waals surface area contributed by atoms with Crippen LogP contribution in [0.3, 0.4) is 0 Å². The number of carbonyl (C=O) groups excluding carboxylic acids is 1. The highest BCUT2D eigenvalue weighted by molar-refractivity contribution is 5.94.